The van der Waals surface area contributed by atoms with Crippen LogP contribution in [-0.4, -0.2) is 0 Å². The molecule has 0 bridgehead atoms. The Morgan fingerprint density at radius 2 is 1.91 bits per heavy atom. The van der Waals surface area contributed by atoms with E-state index in [2.05, 4.69) is 48.3 Å². The Morgan fingerprint density at radius 3 is 2.91 bits per heavy atom. The molecule has 2 rings (SSSR count). The fraction of sp³-hybridized carbons (Fsp3) is 0. The normalized spacial score (nSPS) is 22.5. The highest BCUT2D eigenvalue weighted by atomic mass is 31.1. The smallest absolute Gasteiger partial charge is 0.0160 e. The number of rotatable bonds is 0. The molecule has 0 N–H and O–H groups in total. The first-order chi connectivity index (χ1) is 5.47. The number of hydrogen-bond acceptors (Lipinski definition) is 0. The van der Waals surface area contributed by atoms with Gasteiger partial charge in [-0.15, -0.1) is 0 Å². The van der Waals surface area contributed by atoms with Crippen molar-refractivity contribution in [2.45, 2.75) is 0 Å². The van der Waals surface area contributed by atoms with E-state index in [1.165, 1.54) is 10.9 Å². The Hall–Kier alpha value is -0.870. The average Bonchev–Trinajstić information content (AvgIpc) is 2.28. The fourth-order valence-electron chi connectivity index (χ4n) is 1.13. The van der Waals surface area contributed by atoms with Crippen molar-refractivity contribution in [2.75, 3.05) is 0 Å². The number of allylic oxidation sites excluding steroid dienone is 9. The standard InChI is InChI=1S/C10H9P/c1-2-5-9-6-4-8-11-10(9)7-3-1/h1-8,11H. The number of hydrogen-bond donors (Lipinski definition) is 0. The zero-order valence-corrected chi connectivity index (χ0v) is 7.12. The van der Waals surface area contributed by atoms with Gasteiger partial charge in [0.1, 0.15) is 0 Å². The van der Waals surface area contributed by atoms with Gasteiger partial charge in [0.05, 0.1) is 0 Å². The van der Waals surface area contributed by atoms with Crippen molar-refractivity contribution in [3.05, 3.63) is 59.2 Å². The van der Waals surface area contributed by atoms with E-state index in [1.807, 2.05) is 0 Å². The second-order valence-electron chi connectivity index (χ2n) is 2.45. The molecule has 0 spiro atoms. The summed E-state index contributed by atoms with van der Waals surface area (Å²) in [5.74, 6) is 2.21. The Labute approximate surface area is 68.5 Å². The maximum atomic E-state index is 2.21. The molecule has 1 atom stereocenters. The molecule has 0 aromatic carbocycles. The van der Waals surface area contributed by atoms with E-state index in [-0.39, 0.29) is 0 Å². The van der Waals surface area contributed by atoms with Gasteiger partial charge in [-0.25, -0.2) is 0 Å². The molecule has 1 unspecified atom stereocenters. The van der Waals surface area contributed by atoms with Crippen LogP contribution in [0.25, 0.3) is 0 Å². The van der Waals surface area contributed by atoms with Gasteiger partial charge in [0.25, 0.3) is 0 Å². The monoisotopic (exact) mass is 160 g/mol. The van der Waals surface area contributed by atoms with Crippen molar-refractivity contribution >= 4 is 8.58 Å². The van der Waals surface area contributed by atoms with Crippen molar-refractivity contribution in [3.63, 3.8) is 0 Å². The molecule has 0 radical (unpaired) electrons. The summed E-state index contributed by atoms with van der Waals surface area (Å²) in [6.07, 6.45) is 14.9. The van der Waals surface area contributed by atoms with Crippen molar-refractivity contribution < 1.29 is 0 Å². The van der Waals surface area contributed by atoms with E-state index >= 15 is 0 Å². The van der Waals surface area contributed by atoms with Gasteiger partial charge in [0.2, 0.25) is 0 Å². The van der Waals surface area contributed by atoms with Gasteiger partial charge < -0.3 is 0 Å². The molecule has 1 heterocycles. The zero-order valence-electron chi connectivity index (χ0n) is 6.12. The summed E-state index contributed by atoms with van der Waals surface area (Å²) in [4.78, 5) is 0. The van der Waals surface area contributed by atoms with Crippen LogP contribution >= 0.6 is 8.58 Å². The molecule has 0 amide bonds. The van der Waals surface area contributed by atoms with Crippen LogP contribution in [0.4, 0.5) is 0 Å². The van der Waals surface area contributed by atoms with Crippen molar-refractivity contribution in [1.82, 2.24) is 0 Å². The van der Waals surface area contributed by atoms with E-state index < -0.39 is 0 Å². The molecule has 54 valence electrons. The molecule has 2 aliphatic rings. The molecular weight excluding hydrogens is 151 g/mol. The molecule has 11 heavy (non-hydrogen) atoms. The third-order valence-electron chi connectivity index (χ3n) is 1.68. The Bertz CT molecular complexity index is 301. The first kappa shape index (κ1) is 6.82. The first-order valence-electron chi connectivity index (χ1n) is 3.65. The van der Waals surface area contributed by atoms with Crippen LogP contribution in [0.3, 0.4) is 0 Å². The third kappa shape index (κ3) is 1.41. The Kier molecular flexibility index (Phi) is 1.87. The minimum atomic E-state index is 0.837. The lowest BCUT2D eigenvalue weighted by Gasteiger charge is -2.07. The highest BCUT2D eigenvalue weighted by Gasteiger charge is 2.02. The van der Waals surface area contributed by atoms with Crippen LogP contribution in [0.5, 0.6) is 0 Å². The second-order valence-corrected chi connectivity index (χ2v) is 3.61. The van der Waals surface area contributed by atoms with Crippen molar-refractivity contribution in [2.24, 2.45) is 0 Å². The Morgan fingerprint density at radius 1 is 0.909 bits per heavy atom. The summed E-state index contributed by atoms with van der Waals surface area (Å²) in [7, 11) is 0.837. The highest BCUT2D eigenvalue weighted by molar-refractivity contribution is 7.47. The van der Waals surface area contributed by atoms with Crippen LogP contribution in [0.2, 0.25) is 0 Å². The average molecular weight is 160 g/mol. The van der Waals surface area contributed by atoms with Gasteiger partial charge in [0.15, 0.2) is 0 Å². The first-order valence-corrected chi connectivity index (χ1v) is 4.73. The lowest BCUT2D eigenvalue weighted by molar-refractivity contribution is 1.65. The van der Waals surface area contributed by atoms with Crippen LogP contribution < -0.4 is 0 Å². The summed E-state index contributed by atoms with van der Waals surface area (Å²) >= 11 is 0. The molecule has 0 nitrogen and oxygen atoms in total. The van der Waals surface area contributed by atoms with Gasteiger partial charge >= 0.3 is 0 Å². The molecule has 0 fully saturated rings. The fourth-order valence-corrected chi connectivity index (χ4v) is 2.03. The summed E-state index contributed by atoms with van der Waals surface area (Å²) < 4.78 is 0. The number of fused-ring (bicyclic) bond motifs is 1. The van der Waals surface area contributed by atoms with E-state index in [0.29, 0.717) is 0 Å². The SMILES string of the molecule is C1=CC=C2PC=CC=C2C=C1. The van der Waals surface area contributed by atoms with Gasteiger partial charge in [0, 0.05) is 0 Å². The van der Waals surface area contributed by atoms with E-state index in [4.69, 9.17) is 0 Å². The molecule has 1 aliphatic carbocycles. The molecule has 0 saturated carbocycles. The Balaban J connectivity index is 2.44. The van der Waals surface area contributed by atoms with Crippen LogP contribution in [0, 0.1) is 0 Å². The van der Waals surface area contributed by atoms with Crippen LogP contribution in [-0.2, 0) is 0 Å². The third-order valence-corrected chi connectivity index (χ3v) is 2.81. The maximum Gasteiger partial charge on any atom is -0.0160 e. The summed E-state index contributed by atoms with van der Waals surface area (Å²) in [5.41, 5.74) is 1.36. The molecule has 1 heteroatoms. The predicted molar refractivity (Wildman–Crippen MR) is 51.9 cm³/mol. The second kappa shape index (κ2) is 3.02. The van der Waals surface area contributed by atoms with Gasteiger partial charge in [-0.2, -0.15) is 0 Å². The van der Waals surface area contributed by atoms with Gasteiger partial charge in [-0.05, 0) is 10.9 Å². The molecule has 0 aromatic rings. The molecule has 0 saturated heterocycles. The van der Waals surface area contributed by atoms with E-state index in [1.54, 1.807) is 0 Å². The largest absolute Gasteiger partial charge is 0.0663 e. The summed E-state index contributed by atoms with van der Waals surface area (Å²) in [5, 5.41) is 1.44. The maximum absolute atomic E-state index is 2.21. The van der Waals surface area contributed by atoms with E-state index in [9.17, 15) is 0 Å². The van der Waals surface area contributed by atoms with E-state index in [0.717, 1.165) is 8.58 Å². The minimum absolute atomic E-state index is 0.837. The van der Waals surface area contributed by atoms with Crippen LogP contribution in [0.1, 0.15) is 0 Å². The lowest BCUT2D eigenvalue weighted by Crippen LogP contribution is -1.80. The van der Waals surface area contributed by atoms with Crippen molar-refractivity contribution in [1.29, 1.82) is 0 Å². The van der Waals surface area contributed by atoms with Gasteiger partial charge in [-0.3, -0.25) is 0 Å². The topological polar surface area (TPSA) is 0 Å². The lowest BCUT2D eigenvalue weighted by atomic mass is 10.2. The molecule has 0 aromatic heterocycles. The van der Waals surface area contributed by atoms with Crippen molar-refractivity contribution in [3.8, 4) is 0 Å². The zero-order chi connectivity index (χ0) is 7.52. The summed E-state index contributed by atoms with van der Waals surface area (Å²) in [6.45, 7) is 0. The minimum Gasteiger partial charge on any atom is -0.0663 e. The predicted octanol–water partition coefficient (Wildman–Crippen LogP) is 3.13. The highest BCUT2D eigenvalue weighted by Crippen LogP contribution is 2.36. The quantitative estimate of drug-likeness (QED) is 0.477. The summed E-state index contributed by atoms with van der Waals surface area (Å²) in [6, 6.07) is 0. The van der Waals surface area contributed by atoms with Gasteiger partial charge in [-0.1, -0.05) is 56.9 Å². The molecule has 1 aliphatic heterocycles. The van der Waals surface area contributed by atoms with Crippen LogP contribution in [0.15, 0.2) is 59.2 Å². The molecular formula is C10H9P.